The molecule has 0 bridgehead atoms. The first-order valence-corrected chi connectivity index (χ1v) is 9.37. The summed E-state index contributed by atoms with van der Waals surface area (Å²) in [4.78, 5) is 2.58. The molecule has 0 aromatic carbocycles. The lowest BCUT2D eigenvalue weighted by Crippen LogP contribution is -2.58. The van der Waals surface area contributed by atoms with Crippen LogP contribution in [0.1, 0.15) is 38.5 Å². The lowest BCUT2D eigenvalue weighted by atomic mass is 10.1. The Morgan fingerprint density at radius 2 is 1.41 bits per heavy atom. The molecule has 2 rings (SSSR count). The third-order valence-corrected chi connectivity index (χ3v) is 5.30. The average molecular weight is 312 g/mol. The summed E-state index contributed by atoms with van der Waals surface area (Å²) in [6.45, 7) is 16.2. The highest BCUT2D eigenvalue weighted by atomic mass is 16.5. The monoisotopic (exact) mass is 312 g/mol. The fraction of sp³-hybridized carbons (Fsp3) is 0.944. The Kier molecular flexibility index (Phi) is 8.75. The highest BCUT2D eigenvalue weighted by Crippen LogP contribution is 2.16. The van der Waals surface area contributed by atoms with Gasteiger partial charge in [-0.25, -0.2) is 0 Å². The van der Waals surface area contributed by atoms with Gasteiger partial charge in [-0.15, -0.1) is 0 Å². The van der Waals surface area contributed by atoms with E-state index in [-0.39, 0.29) is 0 Å². The maximum absolute atomic E-state index is 5.62. The molecule has 2 aliphatic rings. The zero-order valence-electron chi connectivity index (χ0n) is 14.4. The minimum Gasteiger partial charge on any atom is -0.379 e. The van der Waals surface area contributed by atoms with Crippen molar-refractivity contribution in [3.63, 3.8) is 0 Å². The smallest absolute Gasteiger partial charge is 0.102 e. The van der Waals surface area contributed by atoms with Crippen LogP contribution in [0, 0.1) is 6.92 Å². The summed E-state index contributed by atoms with van der Waals surface area (Å²) in [5.41, 5.74) is 0. The van der Waals surface area contributed by atoms with E-state index in [1.165, 1.54) is 69.3 Å². The third kappa shape index (κ3) is 6.53. The van der Waals surface area contributed by atoms with Gasteiger partial charge in [0.15, 0.2) is 0 Å². The summed E-state index contributed by atoms with van der Waals surface area (Å²) in [6.07, 6.45) is 7.90. The maximum atomic E-state index is 5.62. The Morgan fingerprint density at radius 1 is 0.773 bits per heavy atom. The molecule has 0 N–H and O–H groups in total. The van der Waals surface area contributed by atoms with Crippen molar-refractivity contribution in [1.29, 1.82) is 0 Å². The number of ether oxygens (including phenoxy) is 2. The van der Waals surface area contributed by atoms with E-state index in [0.29, 0.717) is 0 Å². The van der Waals surface area contributed by atoms with Crippen molar-refractivity contribution >= 4 is 0 Å². The minimum absolute atomic E-state index is 0.912. The summed E-state index contributed by atoms with van der Waals surface area (Å²) in [5, 5.41) is 0. The first-order valence-electron chi connectivity index (χ1n) is 9.37. The topological polar surface area (TPSA) is 21.7 Å². The largest absolute Gasteiger partial charge is 0.379 e. The van der Waals surface area contributed by atoms with Crippen LogP contribution in [0.4, 0.5) is 0 Å². The Balaban J connectivity index is 1.69. The number of hydrogen-bond acceptors (Lipinski definition) is 3. The summed E-state index contributed by atoms with van der Waals surface area (Å²) in [6, 6.07) is 0. The molecule has 0 saturated carbocycles. The third-order valence-electron chi connectivity index (χ3n) is 5.30. The van der Waals surface area contributed by atoms with Gasteiger partial charge < -0.3 is 14.0 Å². The number of quaternary nitrogens is 1. The van der Waals surface area contributed by atoms with E-state index in [1.54, 1.807) is 0 Å². The second-order valence-corrected chi connectivity index (χ2v) is 6.92. The molecule has 4 heteroatoms. The van der Waals surface area contributed by atoms with Crippen molar-refractivity contribution in [3.8, 4) is 0 Å². The standard InChI is InChI=1S/C18H36N2O2/c1-2-3-4-5-6-7-11-20(13-17-22-18-14-20)12-8-19-9-15-21-16-10-19/h1-18H2/q+1. The number of unbranched alkanes of at least 4 members (excludes halogenated alkanes) is 5. The van der Waals surface area contributed by atoms with Crippen molar-refractivity contribution in [2.75, 3.05) is 72.2 Å². The van der Waals surface area contributed by atoms with Crippen LogP contribution >= 0.6 is 0 Å². The van der Waals surface area contributed by atoms with Crippen molar-refractivity contribution in [3.05, 3.63) is 6.92 Å². The van der Waals surface area contributed by atoms with Gasteiger partial charge in [-0.3, -0.25) is 4.90 Å². The molecule has 0 atom stereocenters. The molecule has 2 heterocycles. The summed E-state index contributed by atoms with van der Waals surface area (Å²) < 4.78 is 12.4. The molecule has 22 heavy (non-hydrogen) atoms. The average Bonchev–Trinajstić information content (AvgIpc) is 2.58. The molecule has 2 saturated heterocycles. The SMILES string of the molecule is [CH2]CCCCCCC[N+]1(CCN2CCOCC2)CCOCC1. The second kappa shape index (κ2) is 10.6. The van der Waals surface area contributed by atoms with E-state index < -0.39 is 0 Å². The highest BCUT2D eigenvalue weighted by molar-refractivity contribution is 4.63. The van der Waals surface area contributed by atoms with Gasteiger partial charge in [-0.2, -0.15) is 0 Å². The predicted molar refractivity (Wildman–Crippen MR) is 90.9 cm³/mol. The number of nitrogens with zero attached hydrogens (tertiary/aromatic N) is 2. The van der Waals surface area contributed by atoms with Crippen LogP contribution in [0.2, 0.25) is 0 Å². The van der Waals surface area contributed by atoms with Gasteiger partial charge in [0, 0.05) is 19.6 Å². The van der Waals surface area contributed by atoms with Crippen LogP contribution in [0.15, 0.2) is 0 Å². The molecule has 0 spiro atoms. The Bertz CT molecular complexity index is 274. The van der Waals surface area contributed by atoms with E-state index in [2.05, 4.69) is 11.8 Å². The molecular weight excluding hydrogens is 276 g/mol. The van der Waals surface area contributed by atoms with E-state index in [4.69, 9.17) is 9.47 Å². The Labute approximate surface area is 137 Å². The quantitative estimate of drug-likeness (QED) is 0.456. The number of rotatable bonds is 10. The van der Waals surface area contributed by atoms with E-state index >= 15 is 0 Å². The fourth-order valence-electron chi connectivity index (χ4n) is 3.62. The Hall–Kier alpha value is -0.160. The van der Waals surface area contributed by atoms with Crippen LogP contribution in [-0.2, 0) is 9.47 Å². The van der Waals surface area contributed by atoms with Crippen molar-refractivity contribution in [2.24, 2.45) is 0 Å². The van der Waals surface area contributed by atoms with Gasteiger partial charge >= 0.3 is 0 Å². The molecule has 1 radical (unpaired) electrons. The molecular formula is C18H36N2O2+. The molecule has 0 aromatic rings. The van der Waals surface area contributed by atoms with Gasteiger partial charge in [0.2, 0.25) is 0 Å². The molecule has 0 aromatic heterocycles. The summed E-state index contributed by atoms with van der Waals surface area (Å²) in [7, 11) is 0. The van der Waals surface area contributed by atoms with Crippen molar-refractivity contribution < 1.29 is 14.0 Å². The maximum Gasteiger partial charge on any atom is 0.102 e. The fourth-order valence-corrected chi connectivity index (χ4v) is 3.62. The van der Waals surface area contributed by atoms with Gasteiger partial charge in [0.25, 0.3) is 0 Å². The molecule has 0 unspecified atom stereocenters. The lowest BCUT2D eigenvalue weighted by molar-refractivity contribution is -0.934. The molecule has 2 aliphatic heterocycles. The predicted octanol–water partition coefficient (Wildman–Crippen LogP) is 2.34. The number of morpholine rings is 2. The Morgan fingerprint density at radius 3 is 2.14 bits per heavy atom. The highest BCUT2D eigenvalue weighted by Gasteiger charge is 2.30. The van der Waals surface area contributed by atoms with E-state index in [0.717, 1.165) is 45.9 Å². The van der Waals surface area contributed by atoms with Gasteiger partial charge in [0.1, 0.15) is 13.1 Å². The van der Waals surface area contributed by atoms with Gasteiger partial charge in [-0.05, 0) is 12.8 Å². The first kappa shape index (κ1) is 18.2. The molecule has 129 valence electrons. The van der Waals surface area contributed by atoms with Crippen molar-refractivity contribution in [2.45, 2.75) is 38.5 Å². The van der Waals surface area contributed by atoms with Crippen LogP contribution in [0.25, 0.3) is 0 Å². The zero-order valence-corrected chi connectivity index (χ0v) is 14.4. The molecule has 0 amide bonds. The van der Waals surface area contributed by atoms with Crippen molar-refractivity contribution in [1.82, 2.24) is 4.90 Å². The second-order valence-electron chi connectivity index (χ2n) is 6.92. The molecule has 4 nitrogen and oxygen atoms in total. The van der Waals surface area contributed by atoms with Gasteiger partial charge in [-0.1, -0.05) is 32.6 Å². The first-order chi connectivity index (χ1) is 10.8. The van der Waals surface area contributed by atoms with Crippen LogP contribution in [0.3, 0.4) is 0 Å². The number of hydrogen-bond donors (Lipinski definition) is 0. The van der Waals surface area contributed by atoms with Crippen LogP contribution in [0.5, 0.6) is 0 Å². The summed E-state index contributed by atoms with van der Waals surface area (Å²) >= 11 is 0. The van der Waals surface area contributed by atoms with Crippen LogP contribution < -0.4 is 0 Å². The lowest BCUT2D eigenvalue weighted by Gasteiger charge is -2.43. The van der Waals surface area contributed by atoms with Gasteiger partial charge in [0.05, 0.1) is 39.5 Å². The molecule has 2 fully saturated rings. The van der Waals surface area contributed by atoms with E-state index in [9.17, 15) is 0 Å². The minimum atomic E-state index is 0.912. The normalized spacial score (nSPS) is 22.8. The summed E-state index contributed by atoms with van der Waals surface area (Å²) in [5.74, 6) is 0. The molecule has 0 aliphatic carbocycles. The van der Waals surface area contributed by atoms with Crippen LogP contribution in [-0.4, -0.2) is 81.6 Å². The van der Waals surface area contributed by atoms with E-state index in [1.807, 2.05) is 0 Å². The zero-order chi connectivity index (χ0) is 15.5.